The number of nitrogens with zero attached hydrogens (tertiary/aromatic N) is 1. The van der Waals surface area contributed by atoms with Gasteiger partial charge in [-0.05, 0) is 25.3 Å². The second-order valence-electron chi connectivity index (χ2n) is 6.42. The Bertz CT molecular complexity index is 588. The minimum absolute atomic E-state index is 0.194. The molecule has 0 aliphatic heterocycles. The zero-order valence-electron chi connectivity index (χ0n) is 12.8. The number of carbonyl (C=O) groups excluding carboxylic acids is 1. The Hall–Kier alpha value is -2.15. The van der Waals surface area contributed by atoms with Crippen LogP contribution in [-0.4, -0.2) is 16.0 Å². The van der Waals surface area contributed by atoms with Gasteiger partial charge in [0.05, 0.1) is 16.4 Å². The molecule has 116 valence electrons. The molecule has 7 nitrogen and oxygen atoms in total. The highest BCUT2D eigenvalue weighted by Crippen LogP contribution is 2.40. The number of rotatable bonds is 3. The van der Waals surface area contributed by atoms with Crippen molar-refractivity contribution >= 4 is 11.7 Å². The fourth-order valence-electron chi connectivity index (χ4n) is 2.09. The summed E-state index contributed by atoms with van der Waals surface area (Å²) in [5, 5.41) is 21.2. The fourth-order valence-corrected chi connectivity index (χ4v) is 2.09. The molecule has 0 radical (unpaired) electrons. The molecule has 0 spiro atoms. The van der Waals surface area contributed by atoms with Crippen LogP contribution < -0.4 is 5.90 Å². The summed E-state index contributed by atoms with van der Waals surface area (Å²) in [7, 11) is 0. The molecule has 0 amide bonds. The monoisotopic (exact) mass is 296 g/mol. The first-order chi connectivity index (χ1) is 9.42. The van der Waals surface area contributed by atoms with Crippen molar-refractivity contribution in [3.63, 3.8) is 0 Å². The Morgan fingerprint density at radius 2 is 1.76 bits per heavy atom. The molecule has 7 heteroatoms. The number of carbonyl (C=O) groups is 1. The average molecular weight is 296 g/mol. The van der Waals surface area contributed by atoms with Crippen LogP contribution in [0.25, 0.3) is 0 Å². The van der Waals surface area contributed by atoms with E-state index in [1.807, 2.05) is 20.8 Å². The molecule has 0 unspecified atom stereocenters. The molecule has 0 fully saturated rings. The third kappa shape index (κ3) is 3.13. The van der Waals surface area contributed by atoms with Gasteiger partial charge in [-0.25, -0.2) is 4.79 Å². The van der Waals surface area contributed by atoms with Gasteiger partial charge in [-0.15, -0.1) is 0 Å². The largest absolute Gasteiger partial charge is 0.507 e. The van der Waals surface area contributed by atoms with Crippen molar-refractivity contribution in [2.24, 2.45) is 5.90 Å². The van der Waals surface area contributed by atoms with E-state index in [0.29, 0.717) is 5.56 Å². The van der Waals surface area contributed by atoms with E-state index in [9.17, 15) is 20.0 Å². The van der Waals surface area contributed by atoms with Gasteiger partial charge in [-0.1, -0.05) is 20.8 Å². The Morgan fingerprint density at radius 3 is 2.14 bits per heavy atom. The van der Waals surface area contributed by atoms with Crippen LogP contribution in [-0.2, 0) is 20.5 Å². The maximum atomic E-state index is 11.8. The van der Waals surface area contributed by atoms with E-state index in [1.54, 1.807) is 0 Å². The number of nitrogens with two attached hydrogens (primary N) is 1. The molecule has 1 aromatic carbocycles. The Balaban J connectivity index is 3.65. The highest BCUT2D eigenvalue weighted by molar-refractivity contribution is 5.83. The van der Waals surface area contributed by atoms with E-state index in [1.165, 1.54) is 19.9 Å². The second kappa shape index (κ2) is 5.33. The zero-order valence-corrected chi connectivity index (χ0v) is 12.8. The minimum atomic E-state index is -1.23. The second-order valence-corrected chi connectivity index (χ2v) is 6.42. The summed E-state index contributed by atoms with van der Waals surface area (Å²) in [6.07, 6.45) is 0. The molecule has 0 aliphatic rings. The van der Waals surface area contributed by atoms with Crippen molar-refractivity contribution < 1.29 is 19.7 Å². The smallest absolute Gasteiger partial charge is 0.334 e. The highest BCUT2D eigenvalue weighted by Gasteiger charge is 2.37. The van der Waals surface area contributed by atoms with Crippen LogP contribution in [0.4, 0.5) is 5.69 Å². The Labute approximate surface area is 122 Å². The van der Waals surface area contributed by atoms with E-state index in [0.717, 1.165) is 6.07 Å². The number of nitro groups is 1. The van der Waals surface area contributed by atoms with Gasteiger partial charge < -0.3 is 9.94 Å². The Kier molecular flexibility index (Phi) is 4.29. The molecule has 0 aliphatic carbocycles. The summed E-state index contributed by atoms with van der Waals surface area (Å²) in [4.78, 5) is 26.6. The molecule has 0 saturated carbocycles. The van der Waals surface area contributed by atoms with Gasteiger partial charge in [-0.2, -0.15) is 5.90 Å². The number of aromatic hydroxyl groups is 1. The maximum absolute atomic E-state index is 11.8. The lowest BCUT2D eigenvalue weighted by molar-refractivity contribution is -0.386. The molecular formula is C14H20N2O5. The van der Waals surface area contributed by atoms with Gasteiger partial charge >= 0.3 is 5.97 Å². The molecule has 0 aromatic heterocycles. The van der Waals surface area contributed by atoms with Crippen LogP contribution in [0.5, 0.6) is 5.75 Å². The van der Waals surface area contributed by atoms with Gasteiger partial charge in [0.25, 0.3) is 5.69 Å². The third-order valence-electron chi connectivity index (χ3n) is 3.41. The number of nitro benzene ring substituents is 1. The van der Waals surface area contributed by atoms with Crippen molar-refractivity contribution in [3.8, 4) is 5.75 Å². The molecule has 0 saturated heterocycles. The van der Waals surface area contributed by atoms with Gasteiger partial charge in [-0.3, -0.25) is 10.1 Å². The van der Waals surface area contributed by atoms with Gasteiger partial charge in [0.15, 0.2) is 0 Å². The fraction of sp³-hybridized carbons (Fsp3) is 0.500. The lowest BCUT2D eigenvalue weighted by Crippen LogP contribution is -2.33. The standard InChI is InChI=1S/C14H20N2O5/c1-13(2,3)8-6-9(14(4,5)12(18)21-15)11(17)7-10(8)16(19)20/h6-7,17H,15H2,1-5H3. The zero-order chi connectivity index (χ0) is 16.6. The molecule has 0 bridgehead atoms. The number of phenols is 1. The van der Waals surface area contributed by atoms with E-state index in [4.69, 9.17) is 5.90 Å². The van der Waals surface area contributed by atoms with E-state index in [-0.39, 0.29) is 17.0 Å². The van der Waals surface area contributed by atoms with Crippen LogP contribution in [0.15, 0.2) is 12.1 Å². The van der Waals surface area contributed by atoms with E-state index < -0.39 is 21.7 Å². The molecule has 21 heavy (non-hydrogen) atoms. The summed E-state index contributed by atoms with van der Waals surface area (Å²) in [5.74, 6) is 3.82. The van der Waals surface area contributed by atoms with Crippen molar-refractivity contribution in [1.29, 1.82) is 0 Å². The van der Waals surface area contributed by atoms with Crippen LogP contribution >= 0.6 is 0 Å². The van der Waals surface area contributed by atoms with Crippen LogP contribution in [0.2, 0.25) is 0 Å². The molecule has 0 heterocycles. The predicted octanol–water partition coefficient (Wildman–Crippen LogP) is 2.29. The lowest BCUT2D eigenvalue weighted by atomic mass is 9.78. The van der Waals surface area contributed by atoms with Crippen LogP contribution in [0.3, 0.4) is 0 Å². The topological polar surface area (TPSA) is 116 Å². The highest BCUT2D eigenvalue weighted by atomic mass is 16.7. The normalized spacial score (nSPS) is 12.1. The van der Waals surface area contributed by atoms with E-state index in [2.05, 4.69) is 4.84 Å². The number of phenolic OH excluding ortho intramolecular Hbond substituents is 1. The average Bonchev–Trinajstić information content (AvgIpc) is 2.35. The van der Waals surface area contributed by atoms with Crippen molar-refractivity contribution in [2.75, 3.05) is 0 Å². The predicted molar refractivity (Wildman–Crippen MR) is 76.8 cm³/mol. The SMILES string of the molecule is CC(C)(C)c1cc(C(C)(C)C(=O)ON)c(O)cc1[N+](=O)[O-]. The number of benzene rings is 1. The van der Waals surface area contributed by atoms with Gasteiger partial charge in [0.1, 0.15) is 5.75 Å². The minimum Gasteiger partial charge on any atom is -0.507 e. The summed E-state index contributed by atoms with van der Waals surface area (Å²) in [5.41, 5.74) is -1.31. The first-order valence-electron chi connectivity index (χ1n) is 6.36. The first kappa shape index (κ1) is 16.9. The molecule has 0 atom stereocenters. The summed E-state index contributed by atoms with van der Waals surface area (Å²) < 4.78 is 0. The van der Waals surface area contributed by atoms with Crippen molar-refractivity contribution in [3.05, 3.63) is 33.4 Å². The third-order valence-corrected chi connectivity index (χ3v) is 3.41. The van der Waals surface area contributed by atoms with Crippen LogP contribution in [0, 0.1) is 10.1 Å². The first-order valence-corrected chi connectivity index (χ1v) is 6.36. The molecular weight excluding hydrogens is 276 g/mol. The summed E-state index contributed by atoms with van der Waals surface area (Å²) in [6, 6.07) is 2.52. The number of hydrogen-bond donors (Lipinski definition) is 2. The summed E-state index contributed by atoms with van der Waals surface area (Å²) >= 11 is 0. The van der Waals surface area contributed by atoms with Crippen LogP contribution in [0.1, 0.15) is 45.7 Å². The summed E-state index contributed by atoms with van der Waals surface area (Å²) in [6.45, 7) is 8.48. The van der Waals surface area contributed by atoms with Gasteiger partial charge in [0.2, 0.25) is 0 Å². The van der Waals surface area contributed by atoms with Gasteiger partial charge in [0, 0.05) is 11.1 Å². The van der Waals surface area contributed by atoms with Crippen molar-refractivity contribution in [1.82, 2.24) is 0 Å². The molecule has 1 aromatic rings. The quantitative estimate of drug-likeness (QED) is 0.653. The maximum Gasteiger partial charge on any atom is 0.334 e. The number of hydrogen-bond acceptors (Lipinski definition) is 6. The molecule has 1 rings (SSSR count). The van der Waals surface area contributed by atoms with E-state index >= 15 is 0 Å². The lowest BCUT2D eigenvalue weighted by Gasteiger charge is -2.26. The Morgan fingerprint density at radius 1 is 1.24 bits per heavy atom. The molecule has 3 N–H and O–H groups in total. The van der Waals surface area contributed by atoms with Crippen molar-refractivity contribution in [2.45, 2.75) is 45.4 Å².